The number of nitrogens with zero attached hydrogens (tertiary/aromatic N) is 2. The van der Waals surface area contributed by atoms with Crippen molar-refractivity contribution in [2.24, 2.45) is 0 Å². The van der Waals surface area contributed by atoms with E-state index in [0.29, 0.717) is 5.69 Å². The number of H-pyrrole nitrogens is 1. The molecule has 1 heterocycles. The molecule has 2 aromatic rings. The van der Waals surface area contributed by atoms with Gasteiger partial charge in [-0.05, 0) is 30.3 Å². The van der Waals surface area contributed by atoms with Crippen molar-refractivity contribution in [3.63, 3.8) is 0 Å². The van der Waals surface area contributed by atoms with Crippen LogP contribution in [-0.4, -0.2) is 32.7 Å². The molecule has 0 radical (unpaired) electrons. The van der Waals surface area contributed by atoms with Crippen molar-refractivity contribution in [3.05, 3.63) is 36.5 Å². The van der Waals surface area contributed by atoms with Crippen molar-refractivity contribution in [1.82, 2.24) is 10.2 Å². The fraction of sp³-hybridized carbons (Fsp3) is 0.182. The van der Waals surface area contributed by atoms with Crippen LogP contribution in [0.3, 0.4) is 0 Å². The average Bonchev–Trinajstić information content (AvgIpc) is 2.83. The number of benzene rings is 1. The van der Waals surface area contributed by atoms with Crippen molar-refractivity contribution >= 4 is 21.4 Å². The Bertz CT molecular complexity index is 603. The van der Waals surface area contributed by atoms with Gasteiger partial charge in [0.1, 0.15) is 0 Å². The topological polar surface area (TPSA) is 78.1 Å². The third kappa shape index (κ3) is 2.62. The first-order valence-corrected chi connectivity index (χ1v) is 6.77. The smallest absolute Gasteiger partial charge is 0.278 e. The Balaban J connectivity index is 2.20. The lowest BCUT2D eigenvalue weighted by Gasteiger charge is -2.13. The Kier molecular flexibility index (Phi) is 3.24. The molecule has 0 saturated carbocycles. The molecule has 0 fully saturated rings. The van der Waals surface area contributed by atoms with Crippen LogP contribution in [0.15, 0.2) is 41.6 Å². The minimum atomic E-state index is -3.58. The van der Waals surface area contributed by atoms with Crippen LogP contribution >= 0.6 is 0 Å². The summed E-state index contributed by atoms with van der Waals surface area (Å²) in [5.74, 6) is 0. The molecule has 7 heteroatoms. The summed E-state index contributed by atoms with van der Waals surface area (Å²) in [4.78, 5) is 1.94. The molecule has 6 nitrogen and oxygen atoms in total. The van der Waals surface area contributed by atoms with E-state index in [2.05, 4.69) is 14.9 Å². The molecule has 96 valence electrons. The lowest BCUT2D eigenvalue weighted by molar-refractivity contribution is 0.597. The van der Waals surface area contributed by atoms with Gasteiger partial charge in [-0.2, -0.15) is 13.5 Å². The van der Waals surface area contributed by atoms with Crippen LogP contribution in [0.5, 0.6) is 0 Å². The zero-order valence-corrected chi connectivity index (χ0v) is 10.9. The van der Waals surface area contributed by atoms with E-state index < -0.39 is 10.0 Å². The Labute approximate surface area is 106 Å². The normalized spacial score (nSPS) is 11.2. The van der Waals surface area contributed by atoms with E-state index in [4.69, 9.17) is 0 Å². The summed E-state index contributed by atoms with van der Waals surface area (Å²) in [5, 5.41) is 6.08. The second-order valence-corrected chi connectivity index (χ2v) is 5.62. The zero-order valence-electron chi connectivity index (χ0n) is 10.1. The molecule has 0 spiro atoms. The summed E-state index contributed by atoms with van der Waals surface area (Å²) in [7, 11) is 0.256. The number of hydrogen-bond acceptors (Lipinski definition) is 4. The molecule has 0 atom stereocenters. The minimum absolute atomic E-state index is 0.0409. The second kappa shape index (κ2) is 4.69. The lowest BCUT2D eigenvalue weighted by atomic mass is 10.3. The second-order valence-electron chi connectivity index (χ2n) is 3.97. The van der Waals surface area contributed by atoms with Crippen molar-refractivity contribution in [1.29, 1.82) is 0 Å². The number of aromatic nitrogens is 2. The van der Waals surface area contributed by atoms with E-state index in [1.165, 1.54) is 12.3 Å². The molecule has 0 amide bonds. The molecule has 0 aliphatic rings. The summed E-state index contributed by atoms with van der Waals surface area (Å²) >= 11 is 0. The number of rotatable bonds is 4. The van der Waals surface area contributed by atoms with Crippen LogP contribution in [0.1, 0.15) is 0 Å². The van der Waals surface area contributed by atoms with Crippen LogP contribution in [0.2, 0.25) is 0 Å². The highest BCUT2D eigenvalue weighted by Crippen LogP contribution is 2.18. The average molecular weight is 266 g/mol. The summed E-state index contributed by atoms with van der Waals surface area (Å²) < 4.78 is 26.2. The first-order valence-electron chi connectivity index (χ1n) is 5.28. The number of aromatic amines is 1. The molecule has 2 N–H and O–H groups in total. The molecule has 0 saturated heterocycles. The lowest BCUT2D eigenvalue weighted by Crippen LogP contribution is -2.14. The van der Waals surface area contributed by atoms with Crippen molar-refractivity contribution in [2.45, 2.75) is 5.03 Å². The molecule has 2 rings (SSSR count). The van der Waals surface area contributed by atoms with Gasteiger partial charge in [0.2, 0.25) is 0 Å². The summed E-state index contributed by atoms with van der Waals surface area (Å²) in [6.07, 6.45) is 1.39. The number of anilines is 2. The third-order valence-electron chi connectivity index (χ3n) is 2.40. The van der Waals surface area contributed by atoms with Gasteiger partial charge < -0.3 is 4.90 Å². The van der Waals surface area contributed by atoms with Gasteiger partial charge in [-0.1, -0.05) is 0 Å². The van der Waals surface area contributed by atoms with Gasteiger partial charge in [-0.25, -0.2) is 0 Å². The van der Waals surface area contributed by atoms with Crippen molar-refractivity contribution in [3.8, 4) is 0 Å². The van der Waals surface area contributed by atoms with Gasteiger partial charge in [-0.15, -0.1) is 0 Å². The highest BCUT2D eigenvalue weighted by Gasteiger charge is 2.15. The van der Waals surface area contributed by atoms with E-state index >= 15 is 0 Å². The molecule has 0 bridgehead atoms. The molecular formula is C11H14N4O2S. The van der Waals surface area contributed by atoms with Gasteiger partial charge in [0.25, 0.3) is 10.0 Å². The Hall–Kier alpha value is -2.02. The molecule has 1 aromatic carbocycles. The van der Waals surface area contributed by atoms with Crippen LogP contribution in [0.4, 0.5) is 11.4 Å². The van der Waals surface area contributed by atoms with Crippen LogP contribution in [0.25, 0.3) is 0 Å². The first-order chi connectivity index (χ1) is 8.49. The molecule has 18 heavy (non-hydrogen) atoms. The van der Waals surface area contributed by atoms with Gasteiger partial charge in [0.05, 0.1) is 6.20 Å². The van der Waals surface area contributed by atoms with E-state index in [0.717, 1.165) is 5.69 Å². The summed E-state index contributed by atoms with van der Waals surface area (Å²) in [5.41, 5.74) is 1.51. The van der Waals surface area contributed by atoms with Gasteiger partial charge in [0.15, 0.2) is 5.03 Å². The predicted octanol–water partition coefficient (Wildman–Crippen LogP) is 1.28. The van der Waals surface area contributed by atoms with Crippen molar-refractivity contribution in [2.75, 3.05) is 23.7 Å². The molecule has 0 unspecified atom stereocenters. The van der Waals surface area contributed by atoms with E-state index in [-0.39, 0.29) is 5.03 Å². The SMILES string of the molecule is CN(C)c1ccc(NS(=O)(=O)c2ccn[nH]2)cc1. The zero-order chi connectivity index (χ0) is 13.2. The number of nitrogens with one attached hydrogen (secondary N) is 2. The molecule has 0 aliphatic carbocycles. The summed E-state index contributed by atoms with van der Waals surface area (Å²) in [6, 6.07) is 8.50. The molecule has 1 aromatic heterocycles. The highest BCUT2D eigenvalue weighted by molar-refractivity contribution is 7.92. The van der Waals surface area contributed by atoms with E-state index in [9.17, 15) is 8.42 Å². The monoisotopic (exact) mass is 266 g/mol. The van der Waals surface area contributed by atoms with Crippen molar-refractivity contribution < 1.29 is 8.42 Å². The van der Waals surface area contributed by atoms with Crippen LogP contribution < -0.4 is 9.62 Å². The maximum absolute atomic E-state index is 11.9. The largest absolute Gasteiger partial charge is 0.378 e. The molecular weight excluding hydrogens is 252 g/mol. The van der Waals surface area contributed by atoms with Gasteiger partial charge >= 0.3 is 0 Å². The van der Waals surface area contributed by atoms with Crippen LogP contribution in [-0.2, 0) is 10.0 Å². The molecule has 0 aliphatic heterocycles. The Morgan fingerprint density at radius 2 is 1.83 bits per heavy atom. The first kappa shape index (κ1) is 12.4. The fourth-order valence-corrected chi connectivity index (χ4v) is 2.40. The Morgan fingerprint density at radius 1 is 1.17 bits per heavy atom. The van der Waals surface area contributed by atoms with E-state index in [1.807, 2.05) is 31.1 Å². The van der Waals surface area contributed by atoms with Gasteiger partial charge in [-0.3, -0.25) is 9.82 Å². The minimum Gasteiger partial charge on any atom is -0.378 e. The fourth-order valence-electron chi connectivity index (χ4n) is 1.43. The maximum atomic E-state index is 11.9. The number of sulfonamides is 1. The maximum Gasteiger partial charge on any atom is 0.278 e. The predicted molar refractivity (Wildman–Crippen MR) is 70.2 cm³/mol. The number of hydrogen-bond donors (Lipinski definition) is 2. The van der Waals surface area contributed by atoms with E-state index in [1.54, 1.807) is 12.1 Å². The van der Waals surface area contributed by atoms with Crippen LogP contribution in [0, 0.1) is 0 Å². The van der Waals surface area contributed by atoms with Gasteiger partial charge in [0, 0.05) is 25.5 Å². The third-order valence-corrected chi connectivity index (χ3v) is 3.71. The Morgan fingerprint density at radius 3 is 2.33 bits per heavy atom. The highest BCUT2D eigenvalue weighted by atomic mass is 32.2. The summed E-state index contributed by atoms with van der Waals surface area (Å²) in [6.45, 7) is 0. The standard InChI is InChI=1S/C11H14N4O2S/c1-15(2)10-5-3-9(4-6-10)14-18(16,17)11-7-8-12-13-11/h3-8,14H,1-2H3,(H,12,13). The quantitative estimate of drug-likeness (QED) is 0.873.